The van der Waals surface area contributed by atoms with Crippen LogP contribution < -0.4 is 5.32 Å². The lowest BCUT2D eigenvalue weighted by Gasteiger charge is -2.32. The van der Waals surface area contributed by atoms with Gasteiger partial charge in [0, 0.05) is 20.6 Å². The number of rotatable bonds is 4. The van der Waals surface area contributed by atoms with Crippen LogP contribution in [0.4, 0.5) is 4.79 Å². The lowest BCUT2D eigenvalue weighted by molar-refractivity contribution is -0.135. The Morgan fingerprint density at radius 2 is 2.00 bits per heavy atom. The predicted molar refractivity (Wildman–Crippen MR) is 73.6 cm³/mol. The number of imide groups is 1. The third-order valence-electron chi connectivity index (χ3n) is 4.61. The van der Waals surface area contributed by atoms with Gasteiger partial charge in [0.15, 0.2) is 0 Å². The van der Waals surface area contributed by atoms with Gasteiger partial charge < -0.3 is 14.7 Å². The fourth-order valence-corrected chi connectivity index (χ4v) is 3.27. The second-order valence-electron chi connectivity index (χ2n) is 6.22. The van der Waals surface area contributed by atoms with Crippen LogP contribution in [0.15, 0.2) is 0 Å². The minimum absolute atomic E-state index is 0.0800. The highest BCUT2D eigenvalue weighted by Crippen LogP contribution is 2.55. The summed E-state index contributed by atoms with van der Waals surface area (Å²) in [5.74, 6) is -1.46. The van der Waals surface area contributed by atoms with Crippen LogP contribution in [-0.2, 0) is 14.3 Å². The summed E-state index contributed by atoms with van der Waals surface area (Å²) in [5, 5.41) is 11.6. The minimum Gasteiger partial charge on any atom is -0.465 e. The minimum atomic E-state index is -0.981. The van der Waals surface area contributed by atoms with E-state index in [2.05, 4.69) is 5.32 Å². The number of nitrogens with one attached hydrogen (secondary N) is 1. The predicted octanol–water partition coefficient (Wildman–Crippen LogP) is 0.833. The lowest BCUT2D eigenvalue weighted by atomic mass is 9.92. The Bertz CT molecular complexity index is 460. The van der Waals surface area contributed by atoms with Crippen molar-refractivity contribution < 1.29 is 24.2 Å². The number of methoxy groups -OCH3 is 1. The quantitative estimate of drug-likeness (QED) is 0.801. The summed E-state index contributed by atoms with van der Waals surface area (Å²) in [6.07, 6.45) is 1.23. The molecule has 0 unspecified atom stereocenters. The van der Waals surface area contributed by atoms with Crippen LogP contribution in [0, 0.1) is 11.3 Å². The first-order valence-corrected chi connectivity index (χ1v) is 7.13. The van der Waals surface area contributed by atoms with Crippen molar-refractivity contribution in [3.8, 4) is 0 Å². The molecule has 1 aliphatic heterocycles. The molecule has 0 radical (unpaired) electrons. The molecule has 3 atom stereocenters. The maximum Gasteiger partial charge on any atom is 0.407 e. The van der Waals surface area contributed by atoms with E-state index < -0.39 is 29.9 Å². The van der Waals surface area contributed by atoms with E-state index in [0.29, 0.717) is 6.54 Å². The number of ether oxygens (including phenoxy) is 1. The van der Waals surface area contributed by atoms with Crippen LogP contribution >= 0.6 is 0 Å². The Hall–Kier alpha value is -1.63. The molecule has 21 heavy (non-hydrogen) atoms. The van der Waals surface area contributed by atoms with E-state index in [1.807, 2.05) is 0 Å². The van der Waals surface area contributed by atoms with E-state index in [4.69, 9.17) is 4.74 Å². The Morgan fingerprint density at radius 3 is 2.43 bits per heavy atom. The van der Waals surface area contributed by atoms with E-state index in [1.165, 1.54) is 18.9 Å². The van der Waals surface area contributed by atoms with Crippen molar-refractivity contribution >= 4 is 17.9 Å². The number of hydrogen-bond donors (Lipinski definition) is 2. The number of carboxylic acid groups (broad SMARTS) is 1. The van der Waals surface area contributed by atoms with Gasteiger partial charge in [-0.3, -0.25) is 14.9 Å². The van der Waals surface area contributed by atoms with E-state index in [0.717, 1.165) is 19.3 Å². The number of carbonyl (C=O) groups excluding carboxylic acids is 2. The first kappa shape index (κ1) is 15.8. The van der Waals surface area contributed by atoms with Crippen molar-refractivity contribution in [1.29, 1.82) is 0 Å². The molecule has 3 amide bonds. The molecule has 1 spiro atoms. The van der Waals surface area contributed by atoms with Crippen molar-refractivity contribution in [3.63, 3.8) is 0 Å². The maximum atomic E-state index is 12.0. The molecular formula is C14H22N2O5. The zero-order valence-electron chi connectivity index (χ0n) is 12.6. The normalized spacial score (nSPS) is 25.5. The largest absolute Gasteiger partial charge is 0.465 e. The van der Waals surface area contributed by atoms with Gasteiger partial charge >= 0.3 is 6.09 Å². The molecule has 118 valence electrons. The van der Waals surface area contributed by atoms with Crippen molar-refractivity contribution in [2.45, 2.75) is 45.3 Å². The topological polar surface area (TPSA) is 95.9 Å². The summed E-state index contributed by atoms with van der Waals surface area (Å²) in [7, 11) is 1.47. The average molecular weight is 298 g/mol. The fourth-order valence-electron chi connectivity index (χ4n) is 3.27. The van der Waals surface area contributed by atoms with E-state index in [1.54, 1.807) is 6.92 Å². The summed E-state index contributed by atoms with van der Waals surface area (Å²) in [5.41, 5.74) is 0.0800. The highest BCUT2D eigenvalue weighted by molar-refractivity contribution is 5.95. The smallest absolute Gasteiger partial charge is 0.407 e. The first-order valence-electron chi connectivity index (χ1n) is 7.13. The second-order valence-corrected chi connectivity index (χ2v) is 6.22. The van der Waals surface area contributed by atoms with Gasteiger partial charge in [-0.05, 0) is 24.7 Å². The highest BCUT2D eigenvalue weighted by Gasteiger charge is 2.56. The number of likely N-dealkylation sites (tertiary alicyclic amines) is 1. The standard InChI is InChI=1S/C14H22N2O5/c1-8(12(18)15-9(2)17)11(21-3)10-6-14(4-5-14)7-16(10)13(19)20/h8,10-11H,4-7H2,1-3H3,(H,19,20)(H,15,17,18)/t8-,10+,11-/m1/s1. The van der Waals surface area contributed by atoms with Crippen molar-refractivity contribution in [1.82, 2.24) is 10.2 Å². The molecule has 7 nitrogen and oxygen atoms in total. The van der Waals surface area contributed by atoms with Crippen LogP contribution in [0.1, 0.15) is 33.1 Å². The van der Waals surface area contributed by atoms with Crippen molar-refractivity contribution in [2.24, 2.45) is 11.3 Å². The van der Waals surface area contributed by atoms with Crippen molar-refractivity contribution in [3.05, 3.63) is 0 Å². The molecule has 2 rings (SSSR count). The molecule has 7 heteroatoms. The number of carbonyl (C=O) groups is 3. The summed E-state index contributed by atoms with van der Waals surface area (Å²) in [6.45, 7) is 3.43. The molecular weight excluding hydrogens is 276 g/mol. The molecule has 1 saturated carbocycles. The Labute approximate surface area is 123 Å². The summed E-state index contributed by atoms with van der Waals surface area (Å²) in [6, 6.07) is -0.345. The molecule has 1 aliphatic carbocycles. The SMILES string of the molecule is CO[C@H]([C@@H](C)C(=O)NC(C)=O)[C@@H]1CC2(CC2)CN1C(=O)O. The second kappa shape index (κ2) is 5.63. The first-order chi connectivity index (χ1) is 9.79. The molecule has 0 aromatic carbocycles. The Morgan fingerprint density at radius 1 is 1.38 bits per heavy atom. The van der Waals surface area contributed by atoms with Crippen molar-refractivity contribution in [2.75, 3.05) is 13.7 Å². The van der Waals surface area contributed by atoms with Crippen LogP contribution in [0.25, 0.3) is 0 Å². The van der Waals surface area contributed by atoms with E-state index in [-0.39, 0.29) is 11.5 Å². The van der Waals surface area contributed by atoms with Crippen LogP contribution in [-0.4, -0.2) is 53.7 Å². The number of amides is 3. The lowest BCUT2D eigenvalue weighted by Crippen LogP contribution is -2.49. The van der Waals surface area contributed by atoms with E-state index in [9.17, 15) is 19.5 Å². The van der Waals surface area contributed by atoms with Gasteiger partial charge in [0.1, 0.15) is 0 Å². The van der Waals surface area contributed by atoms with Gasteiger partial charge in [-0.25, -0.2) is 4.79 Å². The Kier molecular flexibility index (Phi) is 4.22. The summed E-state index contributed by atoms with van der Waals surface area (Å²) >= 11 is 0. The zero-order valence-corrected chi connectivity index (χ0v) is 12.6. The summed E-state index contributed by atoms with van der Waals surface area (Å²) in [4.78, 5) is 35.8. The van der Waals surface area contributed by atoms with Crippen LogP contribution in [0.2, 0.25) is 0 Å². The third kappa shape index (κ3) is 3.18. The van der Waals surface area contributed by atoms with Gasteiger partial charge in [0.2, 0.25) is 11.8 Å². The fraction of sp³-hybridized carbons (Fsp3) is 0.786. The monoisotopic (exact) mass is 298 g/mol. The molecule has 2 aliphatic rings. The Balaban J connectivity index is 2.13. The molecule has 0 aromatic rings. The highest BCUT2D eigenvalue weighted by atomic mass is 16.5. The number of nitrogens with zero attached hydrogens (tertiary/aromatic N) is 1. The molecule has 1 heterocycles. The van der Waals surface area contributed by atoms with Crippen LogP contribution in [0.3, 0.4) is 0 Å². The third-order valence-corrected chi connectivity index (χ3v) is 4.61. The molecule has 1 saturated heterocycles. The van der Waals surface area contributed by atoms with Gasteiger partial charge in [-0.1, -0.05) is 6.92 Å². The molecule has 0 bridgehead atoms. The summed E-state index contributed by atoms with van der Waals surface area (Å²) < 4.78 is 5.42. The molecule has 0 aromatic heterocycles. The molecule has 2 N–H and O–H groups in total. The zero-order chi connectivity index (χ0) is 15.8. The number of hydrogen-bond acceptors (Lipinski definition) is 4. The van der Waals surface area contributed by atoms with E-state index >= 15 is 0 Å². The van der Waals surface area contributed by atoms with Gasteiger partial charge in [-0.2, -0.15) is 0 Å². The average Bonchev–Trinajstić information content (AvgIpc) is 3.02. The maximum absolute atomic E-state index is 12.0. The van der Waals surface area contributed by atoms with Gasteiger partial charge in [0.25, 0.3) is 0 Å². The van der Waals surface area contributed by atoms with Gasteiger partial charge in [-0.15, -0.1) is 0 Å². The van der Waals surface area contributed by atoms with Gasteiger partial charge in [0.05, 0.1) is 18.1 Å². The van der Waals surface area contributed by atoms with Crippen LogP contribution in [0.5, 0.6) is 0 Å². The molecule has 2 fully saturated rings.